The van der Waals surface area contributed by atoms with Crippen LogP contribution >= 0.6 is 35.6 Å². The van der Waals surface area contributed by atoms with Crippen molar-refractivity contribution in [2.75, 3.05) is 44.2 Å². The van der Waals surface area contributed by atoms with Crippen molar-refractivity contribution in [1.82, 2.24) is 20.4 Å². The van der Waals surface area contributed by atoms with Gasteiger partial charge in [0.05, 0.1) is 0 Å². The maximum absolute atomic E-state index is 6.14. The Bertz CT molecular complexity index is 804. The van der Waals surface area contributed by atoms with Crippen molar-refractivity contribution in [2.24, 2.45) is 4.99 Å². The zero-order chi connectivity index (χ0) is 20.6. The zero-order valence-corrected chi connectivity index (χ0v) is 21.1. The maximum Gasteiger partial charge on any atom is 0.226 e. The first-order valence-electron chi connectivity index (χ1n) is 10.4. The van der Waals surface area contributed by atoms with Gasteiger partial charge in [-0.2, -0.15) is 4.98 Å². The molecule has 0 bridgehead atoms. The van der Waals surface area contributed by atoms with Crippen LogP contribution in [0.2, 0.25) is 5.02 Å². The highest BCUT2D eigenvalue weighted by molar-refractivity contribution is 14.0. The van der Waals surface area contributed by atoms with Gasteiger partial charge in [-0.3, -0.25) is 4.99 Å². The third-order valence-electron chi connectivity index (χ3n) is 4.90. The number of nitrogens with zero attached hydrogens (tertiary/aromatic N) is 5. The molecule has 0 unspecified atom stereocenters. The van der Waals surface area contributed by atoms with Crippen LogP contribution in [-0.2, 0) is 6.42 Å². The molecular formula is C21H32ClIN6O. The molecule has 1 saturated heterocycles. The molecule has 2 heterocycles. The Morgan fingerprint density at radius 1 is 1.27 bits per heavy atom. The van der Waals surface area contributed by atoms with E-state index >= 15 is 0 Å². The van der Waals surface area contributed by atoms with Crippen LogP contribution in [0.4, 0.5) is 5.69 Å². The highest BCUT2D eigenvalue weighted by atomic mass is 127. The quantitative estimate of drug-likeness (QED) is 0.243. The fraction of sp³-hybridized carbons (Fsp3) is 0.571. The van der Waals surface area contributed by atoms with E-state index in [0.29, 0.717) is 5.89 Å². The minimum Gasteiger partial charge on any atom is -0.368 e. The van der Waals surface area contributed by atoms with Crippen molar-refractivity contribution >= 4 is 47.2 Å². The highest BCUT2D eigenvalue weighted by Gasteiger charge is 2.20. The van der Waals surface area contributed by atoms with Crippen LogP contribution in [0.25, 0.3) is 0 Å². The van der Waals surface area contributed by atoms with Crippen LogP contribution in [0.1, 0.15) is 44.8 Å². The molecule has 166 valence electrons. The van der Waals surface area contributed by atoms with Gasteiger partial charge in [0.1, 0.15) is 0 Å². The molecule has 1 aromatic heterocycles. The normalized spacial score (nSPS) is 14.8. The largest absolute Gasteiger partial charge is 0.368 e. The van der Waals surface area contributed by atoms with Gasteiger partial charge >= 0.3 is 0 Å². The Labute approximate surface area is 201 Å². The van der Waals surface area contributed by atoms with Gasteiger partial charge in [-0.05, 0) is 31.5 Å². The second-order valence-corrected chi connectivity index (χ2v) is 7.93. The summed E-state index contributed by atoms with van der Waals surface area (Å²) in [6, 6.07) is 8.06. The molecule has 30 heavy (non-hydrogen) atoms. The number of aryl methyl sites for hydroxylation is 1. The third kappa shape index (κ3) is 7.01. The molecule has 1 aliphatic rings. The SMILES string of the molecule is CCNC(=NCCCc1nc(C(C)C)no1)N1CCN(c2cccc(Cl)c2)CC1.I. The smallest absolute Gasteiger partial charge is 0.226 e. The Morgan fingerprint density at radius 3 is 2.67 bits per heavy atom. The number of hydrogen-bond acceptors (Lipinski definition) is 5. The summed E-state index contributed by atoms with van der Waals surface area (Å²) in [6.45, 7) is 11.6. The van der Waals surface area contributed by atoms with Gasteiger partial charge in [0, 0.05) is 62.3 Å². The van der Waals surface area contributed by atoms with Crippen molar-refractivity contribution < 1.29 is 4.52 Å². The highest BCUT2D eigenvalue weighted by Crippen LogP contribution is 2.20. The second kappa shape index (κ2) is 12.3. The van der Waals surface area contributed by atoms with Crippen molar-refractivity contribution in [1.29, 1.82) is 0 Å². The molecule has 0 spiro atoms. The number of anilines is 1. The lowest BCUT2D eigenvalue weighted by molar-refractivity contribution is 0.366. The second-order valence-electron chi connectivity index (χ2n) is 7.49. The molecule has 1 N–H and O–H groups in total. The van der Waals surface area contributed by atoms with Gasteiger partial charge in [0.25, 0.3) is 0 Å². The van der Waals surface area contributed by atoms with Crippen LogP contribution in [-0.4, -0.2) is 60.3 Å². The van der Waals surface area contributed by atoms with E-state index in [0.717, 1.165) is 68.9 Å². The van der Waals surface area contributed by atoms with E-state index in [1.54, 1.807) is 0 Å². The van der Waals surface area contributed by atoms with E-state index in [4.69, 9.17) is 21.1 Å². The van der Waals surface area contributed by atoms with Crippen LogP contribution in [0.15, 0.2) is 33.8 Å². The topological polar surface area (TPSA) is 69.8 Å². The van der Waals surface area contributed by atoms with Gasteiger partial charge in [0.2, 0.25) is 5.89 Å². The number of guanidine groups is 1. The van der Waals surface area contributed by atoms with E-state index in [1.807, 2.05) is 18.2 Å². The fourth-order valence-corrected chi connectivity index (χ4v) is 3.48. The predicted octanol–water partition coefficient (Wildman–Crippen LogP) is 4.18. The van der Waals surface area contributed by atoms with Crippen molar-refractivity contribution in [3.8, 4) is 0 Å². The Kier molecular flexibility index (Phi) is 10.2. The van der Waals surface area contributed by atoms with Crippen LogP contribution in [0, 0.1) is 0 Å². The molecule has 0 atom stereocenters. The predicted molar refractivity (Wildman–Crippen MR) is 133 cm³/mol. The van der Waals surface area contributed by atoms with Crippen molar-refractivity contribution in [3.05, 3.63) is 41.0 Å². The number of halogens is 2. The van der Waals surface area contributed by atoms with Crippen LogP contribution in [0.3, 0.4) is 0 Å². The summed E-state index contributed by atoms with van der Waals surface area (Å²) in [4.78, 5) is 13.9. The number of benzene rings is 1. The van der Waals surface area contributed by atoms with E-state index in [1.165, 1.54) is 5.69 Å². The molecule has 9 heteroatoms. The standard InChI is InChI=1S/C21H31ClN6O.HI/c1-4-23-21(24-10-6-9-19-25-20(16(2)3)26-29-19)28-13-11-27(12-14-28)18-8-5-7-17(22)15-18;/h5,7-8,15-16H,4,6,9-14H2,1-3H3,(H,23,24);1H. The number of piperazine rings is 1. The van der Waals surface area contributed by atoms with Gasteiger partial charge < -0.3 is 19.6 Å². The molecule has 0 radical (unpaired) electrons. The minimum atomic E-state index is 0. The van der Waals surface area contributed by atoms with Gasteiger partial charge in [0.15, 0.2) is 11.8 Å². The number of nitrogens with one attached hydrogen (secondary N) is 1. The summed E-state index contributed by atoms with van der Waals surface area (Å²) in [6.07, 6.45) is 1.64. The summed E-state index contributed by atoms with van der Waals surface area (Å²) >= 11 is 6.14. The average molecular weight is 547 g/mol. The number of aromatic nitrogens is 2. The summed E-state index contributed by atoms with van der Waals surface area (Å²) in [5.74, 6) is 2.74. The van der Waals surface area contributed by atoms with E-state index in [-0.39, 0.29) is 29.9 Å². The lowest BCUT2D eigenvalue weighted by Crippen LogP contribution is -2.52. The summed E-state index contributed by atoms with van der Waals surface area (Å²) < 4.78 is 5.31. The first kappa shape index (κ1) is 24.7. The number of aliphatic imine (C=N–C) groups is 1. The lowest BCUT2D eigenvalue weighted by atomic mass is 10.2. The molecule has 0 aliphatic carbocycles. The fourth-order valence-electron chi connectivity index (χ4n) is 3.29. The Morgan fingerprint density at radius 2 is 2.03 bits per heavy atom. The van der Waals surface area contributed by atoms with Gasteiger partial charge in [-0.25, -0.2) is 0 Å². The lowest BCUT2D eigenvalue weighted by Gasteiger charge is -2.37. The van der Waals surface area contributed by atoms with Gasteiger partial charge in [-0.15, -0.1) is 24.0 Å². The maximum atomic E-state index is 6.14. The van der Waals surface area contributed by atoms with Crippen molar-refractivity contribution in [3.63, 3.8) is 0 Å². The molecule has 1 aromatic carbocycles. The Hall–Kier alpha value is -1.55. The molecule has 3 rings (SSSR count). The third-order valence-corrected chi connectivity index (χ3v) is 5.13. The molecule has 2 aromatic rings. The first-order valence-corrected chi connectivity index (χ1v) is 10.8. The van der Waals surface area contributed by atoms with E-state index < -0.39 is 0 Å². The Balaban J connectivity index is 0.00000320. The van der Waals surface area contributed by atoms with Crippen molar-refractivity contribution in [2.45, 2.75) is 39.5 Å². The average Bonchev–Trinajstić information content (AvgIpc) is 3.20. The number of hydrogen-bond donors (Lipinski definition) is 1. The molecule has 0 amide bonds. The molecule has 1 fully saturated rings. The van der Waals surface area contributed by atoms with Crippen LogP contribution in [0.5, 0.6) is 0 Å². The molecule has 0 saturated carbocycles. The van der Waals surface area contributed by atoms with E-state index in [9.17, 15) is 0 Å². The zero-order valence-electron chi connectivity index (χ0n) is 18.0. The van der Waals surface area contributed by atoms with Gasteiger partial charge in [-0.1, -0.05) is 36.7 Å². The minimum absolute atomic E-state index is 0. The number of rotatable bonds is 7. The summed E-state index contributed by atoms with van der Waals surface area (Å²) in [5, 5.41) is 8.21. The molecule has 7 nitrogen and oxygen atoms in total. The molecule has 1 aliphatic heterocycles. The monoisotopic (exact) mass is 546 g/mol. The first-order chi connectivity index (χ1) is 14.1. The van der Waals surface area contributed by atoms with Crippen LogP contribution < -0.4 is 10.2 Å². The summed E-state index contributed by atoms with van der Waals surface area (Å²) in [7, 11) is 0. The summed E-state index contributed by atoms with van der Waals surface area (Å²) in [5.41, 5.74) is 1.18. The van der Waals surface area contributed by atoms with E-state index in [2.05, 4.69) is 52.1 Å². The molecular weight excluding hydrogens is 515 g/mol.